The summed E-state index contributed by atoms with van der Waals surface area (Å²) in [5.74, 6) is 2.17. The van der Waals surface area contributed by atoms with Crippen molar-refractivity contribution in [3.63, 3.8) is 0 Å². The number of imidazole rings is 1. The first kappa shape index (κ1) is 14.4. The van der Waals surface area contributed by atoms with E-state index in [0.717, 1.165) is 18.8 Å². The molecule has 1 unspecified atom stereocenters. The molecule has 0 saturated carbocycles. The number of carbonyl (C=O) groups is 1. The third-order valence-electron chi connectivity index (χ3n) is 3.99. The van der Waals surface area contributed by atoms with Crippen LogP contribution < -0.4 is 14.8 Å². The average Bonchev–Trinajstić information content (AvgIpc) is 3.02. The van der Waals surface area contributed by atoms with Crippen LogP contribution in [0, 0.1) is 5.92 Å². The Balaban J connectivity index is 1.72. The summed E-state index contributed by atoms with van der Waals surface area (Å²) in [5, 5.41) is 2.95. The SMILES string of the molecule is COc1ccc(NC(=O)C2CCn3ccnc3C2)c(OC)c1. The second kappa shape index (κ2) is 6.09. The molecule has 0 fully saturated rings. The highest BCUT2D eigenvalue weighted by molar-refractivity contribution is 5.94. The molecular weight excluding hydrogens is 282 g/mol. The lowest BCUT2D eigenvalue weighted by Crippen LogP contribution is -2.30. The maximum Gasteiger partial charge on any atom is 0.228 e. The molecule has 1 N–H and O–H groups in total. The molecule has 1 aromatic heterocycles. The zero-order valence-electron chi connectivity index (χ0n) is 12.7. The van der Waals surface area contributed by atoms with E-state index in [1.165, 1.54) is 0 Å². The third-order valence-corrected chi connectivity index (χ3v) is 3.99. The first-order valence-corrected chi connectivity index (χ1v) is 7.24. The van der Waals surface area contributed by atoms with Crippen LogP contribution >= 0.6 is 0 Å². The number of anilines is 1. The van der Waals surface area contributed by atoms with Crippen LogP contribution in [0.4, 0.5) is 5.69 Å². The molecular formula is C16H19N3O3. The maximum absolute atomic E-state index is 12.5. The smallest absolute Gasteiger partial charge is 0.228 e. The molecule has 22 heavy (non-hydrogen) atoms. The fourth-order valence-corrected chi connectivity index (χ4v) is 2.71. The van der Waals surface area contributed by atoms with E-state index < -0.39 is 0 Å². The van der Waals surface area contributed by atoms with Gasteiger partial charge in [0.15, 0.2) is 0 Å². The van der Waals surface area contributed by atoms with Gasteiger partial charge in [0.1, 0.15) is 17.3 Å². The van der Waals surface area contributed by atoms with Crippen LogP contribution in [0.25, 0.3) is 0 Å². The summed E-state index contributed by atoms with van der Waals surface area (Å²) in [6.45, 7) is 0.827. The van der Waals surface area contributed by atoms with Gasteiger partial charge in [-0.05, 0) is 18.6 Å². The normalized spacial score (nSPS) is 16.7. The summed E-state index contributed by atoms with van der Waals surface area (Å²) in [4.78, 5) is 16.8. The summed E-state index contributed by atoms with van der Waals surface area (Å²) < 4.78 is 12.6. The number of aromatic nitrogens is 2. The zero-order valence-corrected chi connectivity index (χ0v) is 12.7. The van der Waals surface area contributed by atoms with Crippen molar-refractivity contribution < 1.29 is 14.3 Å². The van der Waals surface area contributed by atoms with E-state index in [1.807, 2.05) is 6.20 Å². The van der Waals surface area contributed by atoms with Crippen LogP contribution in [0.1, 0.15) is 12.2 Å². The van der Waals surface area contributed by atoms with Crippen molar-refractivity contribution in [3.05, 3.63) is 36.4 Å². The molecule has 0 aliphatic carbocycles. The number of methoxy groups -OCH3 is 2. The Morgan fingerprint density at radius 3 is 3.00 bits per heavy atom. The Kier molecular flexibility index (Phi) is 4.00. The summed E-state index contributed by atoms with van der Waals surface area (Å²) in [7, 11) is 3.17. The number of aryl methyl sites for hydroxylation is 1. The monoisotopic (exact) mass is 301 g/mol. The Labute approximate surface area is 129 Å². The molecule has 1 amide bonds. The number of benzene rings is 1. The van der Waals surface area contributed by atoms with Gasteiger partial charge >= 0.3 is 0 Å². The van der Waals surface area contributed by atoms with Gasteiger partial charge in [-0.1, -0.05) is 0 Å². The van der Waals surface area contributed by atoms with Crippen molar-refractivity contribution in [3.8, 4) is 11.5 Å². The van der Waals surface area contributed by atoms with Crippen molar-refractivity contribution in [2.75, 3.05) is 19.5 Å². The number of hydrogen-bond acceptors (Lipinski definition) is 4. The Morgan fingerprint density at radius 2 is 2.23 bits per heavy atom. The predicted molar refractivity (Wildman–Crippen MR) is 82.2 cm³/mol. The molecule has 2 aromatic rings. The van der Waals surface area contributed by atoms with Crippen molar-refractivity contribution in [2.45, 2.75) is 19.4 Å². The van der Waals surface area contributed by atoms with Gasteiger partial charge in [-0.2, -0.15) is 0 Å². The molecule has 116 valence electrons. The van der Waals surface area contributed by atoms with Gasteiger partial charge in [0.05, 0.1) is 19.9 Å². The molecule has 1 aliphatic heterocycles. The molecule has 1 aromatic carbocycles. The van der Waals surface area contributed by atoms with Crippen LogP contribution in [0.3, 0.4) is 0 Å². The number of nitrogens with one attached hydrogen (secondary N) is 1. The highest BCUT2D eigenvalue weighted by atomic mass is 16.5. The fourth-order valence-electron chi connectivity index (χ4n) is 2.71. The molecule has 3 rings (SSSR count). The summed E-state index contributed by atoms with van der Waals surface area (Å²) in [6.07, 6.45) is 5.21. The largest absolute Gasteiger partial charge is 0.497 e. The van der Waals surface area contributed by atoms with E-state index in [4.69, 9.17) is 9.47 Å². The number of hydrogen-bond donors (Lipinski definition) is 1. The van der Waals surface area contributed by atoms with Gasteiger partial charge in [-0.3, -0.25) is 4.79 Å². The highest BCUT2D eigenvalue weighted by Crippen LogP contribution is 2.30. The van der Waals surface area contributed by atoms with E-state index in [1.54, 1.807) is 38.6 Å². The minimum Gasteiger partial charge on any atom is -0.497 e. The van der Waals surface area contributed by atoms with E-state index >= 15 is 0 Å². The van der Waals surface area contributed by atoms with Crippen LogP contribution in [-0.2, 0) is 17.8 Å². The molecule has 1 aliphatic rings. The third kappa shape index (κ3) is 2.77. The van der Waals surface area contributed by atoms with Gasteiger partial charge < -0.3 is 19.4 Å². The van der Waals surface area contributed by atoms with Gasteiger partial charge in [0, 0.05) is 37.3 Å². The fraction of sp³-hybridized carbons (Fsp3) is 0.375. The quantitative estimate of drug-likeness (QED) is 0.939. The second-order valence-electron chi connectivity index (χ2n) is 5.28. The Hall–Kier alpha value is -2.50. The van der Waals surface area contributed by atoms with Crippen molar-refractivity contribution in [1.82, 2.24) is 9.55 Å². The standard InChI is InChI=1S/C16H19N3O3/c1-21-12-3-4-13(14(10-12)22-2)18-16(20)11-5-7-19-8-6-17-15(19)9-11/h3-4,6,8,10-11H,5,7,9H2,1-2H3,(H,18,20). The molecule has 1 atom stereocenters. The topological polar surface area (TPSA) is 65.4 Å². The van der Waals surface area contributed by atoms with Gasteiger partial charge in [-0.25, -0.2) is 4.98 Å². The van der Waals surface area contributed by atoms with Crippen LogP contribution in [0.2, 0.25) is 0 Å². The molecule has 0 saturated heterocycles. The molecule has 0 spiro atoms. The zero-order chi connectivity index (χ0) is 15.5. The lowest BCUT2D eigenvalue weighted by atomic mass is 9.97. The maximum atomic E-state index is 12.5. The molecule has 2 heterocycles. The molecule has 6 nitrogen and oxygen atoms in total. The van der Waals surface area contributed by atoms with Gasteiger partial charge in [-0.15, -0.1) is 0 Å². The Morgan fingerprint density at radius 1 is 1.36 bits per heavy atom. The predicted octanol–water partition coefficient (Wildman–Crippen LogP) is 2.10. The second-order valence-corrected chi connectivity index (χ2v) is 5.28. The number of fused-ring (bicyclic) bond motifs is 1. The lowest BCUT2D eigenvalue weighted by Gasteiger charge is -2.23. The van der Waals surface area contributed by atoms with E-state index in [9.17, 15) is 4.79 Å². The first-order chi connectivity index (χ1) is 10.7. The van der Waals surface area contributed by atoms with Gasteiger partial charge in [0.25, 0.3) is 0 Å². The molecule has 0 radical (unpaired) electrons. The number of rotatable bonds is 4. The Bertz CT molecular complexity index is 681. The highest BCUT2D eigenvalue weighted by Gasteiger charge is 2.26. The van der Waals surface area contributed by atoms with Crippen molar-refractivity contribution >= 4 is 11.6 Å². The van der Waals surface area contributed by atoms with Gasteiger partial charge in [0.2, 0.25) is 5.91 Å². The minimum absolute atomic E-state index is 0.00211. The average molecular weight is 301 g/mol. The van der Waals surface area contributed by atoms with Crippen molar-refractivity contribution in [1.29, 1.82) is 0 Å². The van der Waals surface area contributed by atoms with Crippen LogP contribution in [-0.4, -0.2) is 29.7 Å². The van der Waals surface area contributed by atoms with E-state index in [2.05, 4.69) is 14.9 Å². The minimum atomic E-state index is -0.0679. The summed E-state index contributed by atoms with van der Waals surface area (Å²) in [5.41, 5.74) is 0.655. The van der Waals surface area contributed by atoms with E-state index in [-0.39, 0.29) is 11.8 Å². The summed E-state index contributed by atoms with van der Waals surface area (Å²) >= 11 is 0. The molecule has 0 bridgehead atoms. The summed E-state index contributed by atoms with van der Waals surface area (Å²) in [6, 6.07) is 5.34. The molecule has 6 heteroatoms. The van der Waals surface area contributed by atoms with Crippen molar-refractivity contribution in [2.24, 2.45) is 5.92 Å². The first-order valence-electron chi connectivity index (χ1n) is 7.24. The number of nitrogens with zero attached hydrogens (tertiary/aromatic N) is 2. The van der Waals surface area contributed by atoms with E-state index in [0.29, 0.717) is 23.6 Å². The number of amides is 1. The number of ether oxygens (including phenoxy) is 2. The van der Waals surface area contributed by atoms with Crippen LogP contribution in [0.15, 0.2) is 30.6 Å². The lowest BCUT2D eigenvalue weighted by molar-refractivity contribution is -0.120. The number of carbonyl (C=O) groups excluding carboxylic acids is 1. The van der Waals surface area contributed by atoms with Crippen LogP contribution in [0.5, 0.6) is 11.5 Å².